The van der Waals surface area contributed by atoms with Gasteiger partial charge in [-0.3, -0.25) is 9.82 Å². The lowest BCUT2D eigenvalue weighted by atomic mass is 10.2. The number of ether oxygens (including phenoxy) is 1. The van der Waals surface area contributed by atoms with Gasteiger partial charge in [-0.25, -0.2) is 13.2 Å². The molecule has 0 spiro atoms. The van der Waals surface area contributed by atoms with Crippen molar-refractivity contribution < 1.29 is 17.9 Å². The molecule has 0 amide bonds. The molecule has 0 radical (unpaired) electrons. The van der Waals surface area contributed by atoms with Gasteiger partial charge in [-0.05, 0) is 62.7 Å². The predicted molar refractivity (Wildman–Crippen MR) is 105 cm³/mol. The van der Waals surface area contributed by atoms with Gasteiger partial charge in [0.2, 0.25) is 0 Å². The van der Waals surface area contributed by atoms with E-state index in [1.54, 1.807) is 19.1 Å². The SMILES string of the molecule is CCOC(=O)c1ccc(NS(=O)(=O)c2ccc(-c3n[nH]c(C)c3C)s2)cc1. The average Bonchev–Trinajstić information content (AvgIpc) is 3.24. The maximum atomic E-state index is 12.6. The largest absolute Gasteiger partial charge is 0.462 e. The first-order valence-electron chi connectivity index (χ1n) is 8.23. The highest BCUT2D eigenvalue weighted by atomic mass is 32.2. The molecule has 0 bridgehead atoms. The van der Waals surface area contributed by atoms with E-state index in [-0.39, 0.29) is 10.8 Å². The fourth-order valence-electron chi connectivity index (χ4n) is 2.41. The summed E-state index contributed by atoms with van der Waals surface area (Å²) < 4.78 is 32.9. The number of H-pyrrole nitrogens is 1. The number of hydrogen-bond acceptors (Lipinski definition) is 6. The van der Waals surface area contributed by atoms with E-state index in [1.807, 2.05) is 13.8 Å². The fraction of sp³-hybridized carbons (Fsp3) is 0.222. The van der Waals surface area contributed by atoms with Crippen molar-refractivity contribution in [2.45, 2.75) is 25.0 Å². The Kier molecular flexibility index (Phi) is 5.33. The van der Waals surface area contributed by atoms with Crippen LogP contribution < -0.4 is 4.72 Å². The molecule has 0 aliphatic rings. The van der Waals surface area contributed by atoms with Crippen LogP contribution in [0.5, 0.6) is 0 Å². The average molecular weight is 406 g/mol. The van der Waals surface area contributed by atoms with Gasteiger partial charge in [0, 0.05) is 11.4 Å². The van der Waals surface area contributed by atoms with Crippen LogP contribution in [0.4, 0.5) is 5.69 Å². The minimum atomic E-state index is -3.74. The van der Waals surface area contributed by atoms with E-state index >= 15 is 0 Å². The lowest BCUT2D eigenvalue weighted by molar-refractivity contribution is 0.0526. The molecule has 3 aromatic rings. The van der Waals surface area contributed by atoms with Gasteiger partial charge in [0.05, 0.1) is 17.0 Å². The Morgan fingerprint density at radius 1 is 1.19 bits per heavy atom. The van der Waals surface area contributed by atoms with Gasteiger partial charge < -0.3 is 4.74 Å². The van der Waals surface area contributed by atoms with E-state index in [4.69, 9.17) is 4.74 Å². The molecular weight excluding hydrogens is 386 g/mol. The number of rotatable bonds is 6. The van der Waals surface area contributed by atoms with E-state index in [1.165, 1.54) is 24.3 Å². The summed E-state index contributed by atoms with van der Waals surface area (Å²) in [6.07, 6.45) is 0. The number of aromatic amines is 1. The van der Waals surface area contributed by atoms with Gasteiger partial charge >= 0.3 is 5.97 Å². The number of anilines is 1. The lowest BCUT2D eigenvalue weighted by Gasteiger charge is -2.07. The fourth-order valence-corrected chi connectivity index (χ4v) is 4.82. The molecule has 2 heterocycles. The number of carbonyl (C=O) groups excluding carboxylic acids is 1. The van der Waals surface area contributed by atoms with Gasteiger partial charge in [0.25, 0.3) is 10.0 Å². The third-order valence-corrected chi connectivity index (χ3v) is 6.95. The molecular formula is C18H19N3O4S2. The number of thiophene rings is 1. The zero-order chi connectivity index (χ0) is 19.6. The molecule has 0 saturated carbocycles. The third kappa shape index (κ3) is 4.04. The van der Waals surface area contributed by atoms with Gasteiger partial charge in [-0.2, -0.15) is 5.10 Å². The minimum absolute atomic E-state index is 0.187. The molecule has 2 N–H and O–H groups in total. The van der Waals surface area contributed by atoms with E-state index < -0.39 is 16.0 Å². The number of sulfonamides is 1. The van der Waals surface area contributed by atoms with Crippen LogP contribution in [0.25, 0.3) is 10.6 Å². The van der Waals surface area contributed by atoms with Crippen LogP contribution in [-0.4, -0.2) is 31.2 Å². The van der Waals surface area contributed by atoms with Crippen molar-refractivity contribution in [1.82, 2.24) is 10.2 Å². The summed E-state index contributed by atoms with van der Waals surface area (Å²) in [6, 6.07) is 9.39. The van der Waals surface area contributed by atoms with Crippen LogP contribution in [0.2, 0.25) is 0 Å². The Labute approximate surface area is 161 Å². The summed E-state index contributed by atoms with van der Waals surface area (Å²) in [6.45, 7) is 5.86. The summed E-state index contributed by atoms with van der Waals surface area (Å²) in [5.41, 5.74) is 3.41. The maximum Gasteiger partial charge on any atom is 0.338 e. The van der Waals surface area contributed by atoms with Crippen molar-refractivity contribution >= 4 is 33.0 Å². The highest BCUT2D eigenvalue weighted by Crippen LogP contribution is 2.33. The Hall–Kier alpha value is -2.65. The molecule has 27 heavy (non-hydrogen) atoms. The molecule has 0 fully saturated rings. The van der Waals surface area contributed by atoms with E-state index in [9.17, 15) is 13.2 Å². The Morgan fingerprint density at radius 3 is 2.48 bits per heavy atom. The number of aromatic nitrogens is 2. The first-order valence-corrected chi connectivity index (χ1v) is 10.5. The van der Waals surface area contributed by atoms with E-state index in [2.05, 4.69) is 14.9 Å². The number of esters is 1. The first-order chi connectivity index (χ1) is 12.8. The van der Waals surface area contributed by atoms with Crippen LogP contribution in [0.1, 0.15) is 28.5 Å². The molecule has 0 aliphatic carbocycles. The maximum absolute atomic E-state index is 12.6. The second kappa shape index (κ2) is 7.53. The van der Waals surface area contributed by atoms with Crippen molar-refractivity contribution in [2.75, 3.05) is 11.3 Å². The number of carbonyl (C=O) groups is 1. The summed E-state index contributed by atoms with van der Waals surface area (Å²) in [4.78, 5) is 12.4. The number of hydrogen-bond donors (Lipinski definition) is 2. The van der Waals surface area contributed by atoms with E-state index in [0.717, 1.165) is 33.2 Å². The number of nitrogens with one attached hydrogen (secondary N) is 2. The topological polar surface area (TPSA) is 101 Å². The van der Waals surface area contributed by atoms with Crippen molar-refractivity contribution in [3.8, 4) is 10.6 Å². The highest BCUT2D eigenvalue weighted by Gasteiger charge is 2.19. The smallest absolute Gasteiger partial charge is 0.338 e. The third-order valence-electron chi connectivity index (χ3n) is 3.98. The van der Waals surface area contributed by atoms with E-state index in [0.29, 0.717) is 11.3 Å². The summed E-state index contributed by atoms with van der Waals surface area (Å²) in [7, 11) is -3.74. The van der Waals surface area contributed by atoms with Crippen molar-refractivity contribution in [2.24, 2.45) is 0 Å². The number of benzene rings is 1. The second-order valence-corrected chi connectivity index (χ2v) is 8.84. The van der Waals surface area contributed by atoms with Gasteiger partial charge in [0.15, 0.2) is 0 Å². The number of aryl methyl sites for hydroxylation is 1. The summed E-state index contributed by atoms with van der Waals surface area (Å²) in [5.74, 6) is -0.445. The Bertz CT molecular complexity index is 1070. The predicted octanol–water partition coefficient (Wildman–Crippen LogP) is 3.73. The number of nitrogens with zero attached hydrogens (tertiary/aromatic N) is 1. The van der Waals surface area contributed by atoms with Crippen molar-refractivity contribution in [3.63, 3.8) is 0 Å². The Morgan fingerprint density at radius 2 is 1.89 bits per heavy atom. The van der Waals surface area contributed by atoms with Crippen LogP contribution in [0, 0.1) is 13.8 Å². The first kappa shape index (κ1) is 19.1. The molecule has 9 heteroatoms. The molecule has 2 aromatic heterocycles. The van der Waals surface area contributed by atoms with Crippen LogP contribution in [-0.2, 0) is 14.8 Å². The summed E-state index contributed by atoms with van der Waals surface area (Å²) in [5, 5.41) is 7.13. The zero-order valence-electron chi connectivity index (χ0n) is 15.1. The molecule has 3 rings (SSSR count). The van der Waals surface area contributed by atoms with Gasteiger partial charge in [-0.15, -0.1) is 11.3 Å². The molecule has 7 nitrogen and oxygen atoms in total. The zero-order valence-corrected chi connectivity index (χ0v) is 16.7. The standard InChI is InChI=1S/C18H19N3O4S2/c1-4-25-18(22)13-5-7-14(8-6-13)21-27(23,24)16-10-9-15(26-16)17-11(2)12(3)19-20-17/h5-10,21H,4H2,1-3H3,(H,19,20). The lowest BCUT2D eigenvalue weighted by Crippen LogP contribution is -2.11. The molecule has 0 atom stereocenters. The minimum Gasteiger partial charge on any atom is -0.462 e. The van der Waals surface area contributed by atoms with Crippen molar-refractivity contribution in [1.29, 1.82) is 0 Å². The molecule has 0 saturated heterocycles. The molecule has 0 aliphatic heterocycles. The quantitative estimate of drug-likeness (QED) is 0.609. The van der Waals surface area contributed by atoms with Gasteiger partial charge in [0.1, 0.15) is 9.90 Å². The van der Waals surface area contributed by atoms with Crippen LogP contribution in [0.15, 0.2) is 40.6 Å². The second-order valence-electron chi connectivity index (χ2n) is 5.84. The molecule has 0 unspecified atom stereocenters. The Balaban J connectivity index is 1.79. The van der Waals surface area contributed by atoms with Crippen LogP contribution in [0.3, 0.4) is 0 Å². The highest BCUT2D eigenvalue weighted by molar-refractivity contribution is 7.94. The molecule has 142 valence electrons. The normalized spacial score (nSPS) is 11.4. The molecule has 1 aromatic carbocycles. The van der Waals surface area contributed by atoms with Gasteiger partial charge in [-0.1, -0.05) is 0 Å². The summed E-state index contributed by atoms with van der Waals surface area (Å²) >= 11 is 1.15. The monoisotopic (exact) mass is 405 g/mol. The van der Waals surface area contributed by atoms with Crippen molar-refractivity contribution in [3.05, 3.63) is 53.2 Å². The van der Waals surface area contributed by atoms with Crippen LogP contribution >= 0.6 is 11.3 Å².